The molecule has 0 spiro atoms. The maximum atomic E-state index is 5.78. The third-order valence-corrected chi connectivity index (χ3v) is 2.64. The van der Waals surface area contributed by atoms with Gasteiger partial charge in [0.1, 0.15) is 5.69 Å². The average Bonchev–Trinajstić information content (AvgIpc) is 2.83. The summed E-state index contributed by atoms with van der Waals surface area (Å²) in [7, 11) is 1.84. The smallest absolute Gasteiger partial charge is 0.131 e. The molecule has 1 aromatic heterocycles. The van der Waals surface area contributed by atoms with Crippen molar-refractivity contribution in [3.05, 3.63) is 41.2 Å². The lowest BCUT2D eigenvalue weighted by atomic mass is 10.0. The van der Waals surface area contributed by atoms with Gasteiger partial charge in [0.15, 0.2) is 0 Å². The highest BCUT2D eigenvalue weighted by molar-refractivity contribution is 6.14. The van der Waals surface area contributed by atoms with Crippen molar-refractivity contribution in [3.63, 3.8) is 0 Å². The third-order valence-electron chi connectivity index (χ3n) is 2.64. The van der Waals surface area contributed by atoms with Crippen molar-refractivity contribution in [2.45, 2.75) is 6.54 Å². The average molecular weight is 213 g/mol. The molecule has 0 saturated heterocycles. The summed E-state index contributed by atoms with van der Waals surface area (Å²) in [6, 6.07) is 5.85. The van der Waals surface area contributed by atoms with Gasteiger partial charge in [-0.2, -0.15) is 0 Å². The lowest BCUT2D eigenvalue weighted by Crippen LogP contribution is -2.02. The van der Waals surface area contributed by atoms with E-state index >= 15 is 0 Å². The van der Waals surface area contributed by atoms with Crippen molar-refractivity contribution in [2.75, 3.05) is 5.73 Å². The van der Waals surface area contributed by atoms with Crippen LogP contribution in [-0.2, 0) is 13.6 Å². The van der Waals surface area contributed by atoms with Gasteiger partial charge in [-0.25, -0.2) is 0 Å². The number of anilines is 1. The van der Waals surface area contributed by atoms with E-state index in [1.165, 1.54) is 5.56 Å². The van der Waals surface area contributed by atoms with Crippen molar-refractivity contribution in [1.29, 1.82) is 0 Å². The standard InChI is InChI=1S/C11H11N5/c1-16-6-10(14-15-16)11-9-4-8(12)3-2-7(9)5-13-11/h2-4,6H,5,12H2,1H3. The van der Waals surface area contributed by atoms with Crippen molar-refractivity contribution in [3.8, 4) is 0 Å². The van der Waals surface area contributed by atoms with E-state index in [2.05, 4.69) is 15.3 Å². The molecule has 0 radical (unpaired) electrons. The van der Waals surface area contributed by atoms with Gasteiger partial charge in [-0.1, -0.05) is 11.3 Å². The van der Waals surface area contributed by atoms with Crippen LogP contribution < -0.4 is 5.73 Å². The first kappa shape index (κ1) is 9.08. The molecule has 0 atom stereocenters. The summed E-state index contributed by atoms with van der Waals surface area (Å²) in [5.74, 6) is 0. The molecule has 1 aliphatic heterocycles. The van der Waals surface area contributed by atoms with Crippen molar-refractivity contribution in [1.82, 2.24) is 15.0 Å². The number of fused-ring (bicyclic) bond motifs is 1. The van der Waals surface area contributed by atoms with Gasteiger partial charge in [-0.3, -0.25) is 9.67 Å². The van der Waals surface area contributed by atoms with Gasteiger partial charge in [0, 0.05) is 18.3 Å². The Morgan fingerprint density at radius 1 is 1.38 bits per heavy atom. The zero-order valence-corrected chi connectivity index (χ0v) is 8.88. The van der Waals surface area contributed by atoms with E-state index in [1.807, 2.05) is 31.4 Å². The molecule has 2 aromatic rings. The first-order valence-corrected chi connectivity index (χ1v) is 5.04. The molecule has 1 aliphatic rings. The molecular weight excluding hydrogens is 202 g/mol. The number of benzene rings is 1. The monoisotopic (exact) mass is 213 g/mol. The molecule has 0 bridgehead atoms. The molecular formula is C11H11N5. The molecule has 2 heterocycles. The van der Waals surface area contributed by atoms with Crippen LogP contribution in [0.25, 0.3) is 0 Å². The Labute approximate surface area is 92.6 Å². The summed E-state index contributed by atoms with van der Waals surface area (Å²) in [5, 5.41) is 7.98. The predicted octanol–water partition coefficient (Wildman–Crippen LogP) is 0.748. The molecule has 5 nitrogen and oxygen atoms in total. The minimum Gasteiger partial charge on any atom is -0.399 e. The maximum Gasteiger partial charge on any atom is 0.131 e. The Morgan fingerprint density at radius 2 is 2.25 bits per heavy atom. The molecule has 16 heavy (non-hydrogen) atoms. The highest BCUT2D eigenvalue weighted by Gasteiger charge is 2.19. The van der Waals surface area contributed by atoms with Crippen LogP contribution in [0.2, 0.25) is 0 Å². The number of hydrogen-bond acceptors (Lipinski definition) is 4. The van der Waals surface area contributed by atoms with Crippen LogP contribution >= 0.6 is 0 Å². The van der Waals surface area contributed by atoms with Crippen molar-refractivity contribution < 1.29 is 0 Å². The first-order chi connectivity index (χ1) is 7.74. The fourth-order valence-electron chi connectivity index (χ4n) is 1.88. The summed E-state index contributed by atoms with van der Waals surface area (Å²) in [4.78, 5) is 4.47. The number of aromatic nitrogens is 3. The van der Waals surface area contributed by atoms with Gasteiger partial charge < -0.3 is 5.73 Å². The number of nitrogens with two attached hydrogens (primary N) is 1. The minimum atomic E-state index is 0.696. The summed E-state index contributed by atoms with van der Waals surface area (Å²) < 4.78 is 1.67. The fourth-order valence-corrected chi connectivity index (χ4v) is 1.88. The maximum absolute atomic E-state index is 5.78. The van der Waals surface area contributed by atoms with Crippen molar-refractivity contribution >= 4 is 11.4 Å². The quantitative estimate of drug-likeness (QED) is 0.710. The van der Waals surface area contributed by atoms with Crippen molar-refractivity contribution in [2.24, 2.45) is 12.0 Å². The second kappa shape index (κ2) is 3.16. The SMILES string of the molecule is Cn1cc(C2=NCc3ccc(N)cc32)nn1. The summed E-state index contributed by atoms with van der Waals surface area (Å²) >= 11 is 0. The zero-order valence-electron chi connectivity index (χ0n) is 8.88. The van der Waals surface area contributed by atoms with Crippen LogP contribution in [-0.4, -0.2) is 20.7 Å². The zero-order chi connectivity index (χ0) is 11.1. The van der Waals surface area contributed by atoms with Gasteiger partial charge in [0.05, 0.1) is 18.5 Å². The molecule has 0 amide bonds. The van der Waals surface area contributed by atoms with E-state index in [0.29, 0.717) is 6.54 Å². The molecule has 3 rings (SSSR count). The molecule has 0 aliphatic carbocycles. The Balaban J connectivity index is 2.11. The highest BCUT2D eigenvalue weighted by Crippen LogP contribution is 2.23. The van der Waals surface area contributed by atoms with Crippen LogP contribution in [0, 0.1) is 0 Å². The van der Waals surface area contributed by atoms with E-state index in [4.69, 9.17) is 5.73 Å². The van der Waals surface area contributed by atoms with Gasteiger partial charge in [-0.15, -0.1) is 5.10 Å². The number of aliphatic imine (C=N–C) groups is 1. The topological polar surface area (TPSA) is 69.1 Å². The van der Waals surface area contributed by atoms with E-state index in [0.717, 1.165) is 22.7 Å². The molecule has 2 N–H and O–H groups in total. The van der Waals surface area contributed by atoms with Crippen LogP contribution in [0.1, 0.15) is 16.8 Å². The number of hydrogen-bond donors (Lipinski definition) is 1. The number of rotatable bonds is 1. The Bertz CT molecular complexity index is 582. The third kappa shape index (κ3) is 1.29. The highest BCUT2D eigenvalue weighted by atomic mass is 15.4. The second-order valence-electron chi connectivity index (χ2n) is 3.86. The van der Waals surface area contributed by atoms with E-state index in [9.17, 15) is 0 Å². The molecule has 80 valence electrons. The molecule has 5 heteroatoms. The number of aryl methyl sites for hydroxylation is 1. The Hall–Kier alpha value is -2.17. The number of nitrogen functional groups attached to an aromatic ring is 1. The van der Waals surface area contributed by atoms with Crippen LogP contribution in [0.3, 0.4) is 0 Å². The van der Waals surface area contributed by atoms with Crippen LogP contribution in [0.15, 0.2) is 29.4 Å². The number of nitrogens with zero attached hydrogens (tertiary/aromatic N) is 4. The van der Waals surface area contributed by atoms with E-state index in [-0.39, 0.29) is 0 Å². The molecule has 0 fully saturated rings. The Kier molecular flexibility index (Phi) is 1.80. The fraction of sp³-hybridized carbons (Fsp3) is 0.182. The normalized spacial score (nSPS) is 13.7. The Morgan fingerprint density at radius 3 is 3.00 bits per heavy atom. The largest absolute Gasteiger partial charge is 0.399 e. The van der Waals surface area contributed by atoms with Gasteiger partial charge >= 0.3 is 0 Å². The van der Waals surface area contributed by atoms with Gasteiger partial charge in [0.2, 0.25) is 0 Å². The lowest BCUT2D eigenvalue weighted by molar-refractivity contribution is 0.714. The van der Waals surface area contributed by atoms with Crippen LogP contribution in [0.4, 0.5) is 5.69 Å². The summed E-state index contributed by atoms with van der Waals surface area (Å²) in [6.07, 6.45) is 1.86. The van der Waals surface area contributed by atoms with Gasteiger partial charge in [-0.05, 0) is 17.7 Å². The summed E-state index contributed by atoms with van der Waals surface area (Å²) in [6.45, 7) is 0.696. The first-order valence-electron chi connectivity index (χ1n) is 5.04. The van der Waals surface area contributed by atoms with Crippen LogP contribution in [0.5, 0.6) is 0 Å². The second-order valence-corrected chi connectivity index (χ2v) is 3.86. The molecule has 1 aromatic carbocycles. The van der Waals surface area contributed by atoms with E-state index < -0.39 is 0 Å². The predicted molar refractivity (Wildman–Crippen MR) is 61.2 cm³/mol. The lowest BCUT2D eigenvalue weighted by Gasteiger charge is -2.01. The minimum absolute atomic E-state index is 0.696. The van der Waals surface area contributed by atoms with Gasteiger partial charge in [0.25, 0.3) is 0 Å². The molecule has 0 unspecified atom stereocenters. The summed E-state index contributed by atoms with van der Waals surface area (Å²) in [5.41, 5.74) is 10.5. The molecule has 0 saturated carbocycles. The van der Waals surface area contributed by atoms with E-state index in [1.54, 1.807) is 4.68 Å².